The lowest BCUT2D eigenvalue weighted by Gasteiger charge is -2.09. The maximum atomic E-state index is 12.3. The fourth-order valence-electron chi connectivity index (χ4n) is 2.05. The van der Waals surface area contributed by atoms with Crippen LogP contribution in [0.4, 0.5) is 5.69 Å². The molecule has 5 nitrogen and oxygen atoms in total. The molecule has 0 atom stereocenters. The first-order valence-corrected chi connectivity index (χ1v) is 7.08. The zero-order valence-electron chi connectivity index (χ0n) is 11.5. The van der Waals surface area contributed by atoms with Crippen molar-refractivity contribution in [1.82, 2.24) is 0 Å². The molecule has 0 unspecified atom stereocenters. The molecule has 0 fully saturated rings. The second kappa shape index (κ2) is 5.94. The minimum atomic E-state index is -0.332. The highest BCUT2D eigenvalue weighted by Gasteiger charge is 2.20. The van der Waals surface area contributed by atoms with E-state index in [0.717, 1.165) is 0 Å². The lowest BCUT2D eigenvalue weighted by Crippen LogP contribution is -2.11. The molecule has 1 amide bonds. The molecule has 1 heterocycles. The molecule has 114 valence electrons. The smallest absolute Gasteiger partial charge is 0.255 e. The Morgan fingerprint density at radius 2 is 2.00 bits per heavy atom. The van der Waals surface area contributed by atoms with Crippen molar-refractivity contribution in [3.8, 4) is 17.2 Å². The Balaban J connectivity index is 1.83. The van der Waals surface area contributed by atoms with E-state index in [0.29, 0.717) is 38.5 Å². The normalized spacial score (nSPS) is 12.1. The van der Waals surface area contributed by atoms with Crippen LogP contribution in [-0.2, 0) is 0 Å². The zero-order chi connectivity index (χ0) is 15.7. The number of hydrogen-bond acceptors (Lipinski definition) is 4. The van der Waals surface area contributed by atoms with E-state index in [-0.39, 0.29) is 12.7 Å². The average molecular weight is 340 g/mol. The number of amides is 1. The molecule has 0 bridgehead atoms. The molecule has 0 aliphatic carbocycles. The number of hydrogen-bond donors (Lipinski definition) is 1. The number of carbonyl (C=O) groups is 1. The molecule has 7 heteroatoms. The van der Waals surface area contributed by atoms with Gasteiger partial charge < -0.3 is 19.5 Å². The van der Waals surface area contributed by atoms with E-state index in [1.807, 2.05) is 0 Å². The highest BCUT2D eigenvalue weighted by atomic mass is 35.5. The first-order chi connectivity index (χ1) is 10.6. The van der Waals surface area contributed by atoms with Gasteiger partial charge in [-0.3, -0.25) is 4.79 Å². The van der Waals surface area contributed by atoms with E-state index >= 15 is 0 Å². The summed E-state index contributed by atoms with van der Waals surface area (Å²) in [7, 11) is 1.52. The summed E-state index contributed by atoms with van der Waals surface area (Å²) in [6, 6.07) is 8.07. The van der Waals surface area contributed by atoms with Crippen molar-refractivity contribution < 1.29 is 19.0 Å². The van der Waals surface area contributed by atoms with E-state index in [4.69, 9.17) is 37.4 Å². The lowest BCUT2D eigenvalue weighted by molar-refractivity contribution is 0.102. The fraction of sp³-hybridized carbons (Fsp3) is 0.133. The third-order valence-corrected chi connectivity index (χ3v) is 3.68. The monoisotopic (exact) mass is 339 g/mol. The Labute approximate surface area is 136 Å². The van der Waals surface area contributed by atoms with Crippen LogP contribution in [0.25, 0.3) is 0 Å². The summed E-state index contributed by atoms with van der Waals surface area (Å²) in [6.45, 7) is 0.0915. The first kappa shape index (κ1) is 14.8. The van der Waals surface area contributed by atoms with Gasteiger partial charge in [0.25, 0.3) is 5.91 Å². The maximum absolute atomic E-state index is 12.3. The number of ether oxygens (including phenoxy) is 3. The molecule has 3 rings (SSSR count). The minimum absolute atomic E-state index is 0.0915. The summed E-state index contributed by atoms with van der Waals surface area (Å²) in [6.07, 6.45) is 0. The van der Waals surface area contributed by atoms with Gasteiger partial charge in [-0.2, -0.15) is 0 Å². The third-order valence-electron chi connectivity index (χ3n) is 3.10. The molecule has 0 saturated carbocycles. The number of rotatable bonds is 3. The molecule has 1 aliphatic rings. The number of carbonyl (C=O) groups excluding carboxylic acids is 1. The standard InChI is InChI=1S/C15H11Cl2NO4/c1-20-12-3-2-9(6-10(12)16)18-15(19)8-4-11(17)14-13(5-8)21-7-22-14/h2-6H,7H2,1H3,(H,18,19). The van der Waals surface area contributed by atoms with Gasteiger partial charge in [0.05, 0.1) is 17.2 Å². The highest BCUT2D eigenvalue weighted by Crippen LogP contribution is 2.40. The van der Waals surface area contributed by atoms with Gasteiger partial charge in [0.1, 0.15) is 5.75 Å². The summed E-state index contributed by atoms with van der Waals surface area (Å²) >= 11 is 12.1. The van der Waals surface area contributed by atoms with Gasteiger partial charge in [0.2, 0.25) is 6.79 Å². The Bertz CT molecular complexity index is 749. The Morgan fingerprint density at radius 1 is 1.18 bits per heavy atom. The number of benzene rings is 2. The number of methoxy groups -OCH3 is 1. The van der Waals surface area contributed by atoms with Crippen LogP contribution in [0.15, 0.2) is 30.3 Å². The summed E-state index contributed by atoms with van der Waals surface area (Å²) in [5.41, 5.74) is 0.908. The summed E-state index contributed by atoms with van der Waals surface area (Å²) in [5.74, 6) is 1.10. The Morgan fingerprint density at radius 3 is 2.73 bits per heavy atom. The molecule has 0 saturated heterocycles. The summed E-state index contributed by atoms with van der Waals surface area (Å²) in [5, 5.41) is 3.47. The number of nitrogens with one attached hydrogen (secondary N) is 1. The van der Waals surface area contributed by atoms with E-state index in [1.165, 1.54) is 13.2 Å². The van der Waals surface area contributed by atoms with Gasteiger partial charge in [0.15, 0.2) is 11.5 Å². The third kappa shape index (κ3) is 2.77. The predicted octanol–water partition coefficient (Wildman–Crippen LogP) is 3.98. The molecule has 0 spiro atoms. The quantitative estimate of drug-likeness (QED) is 0.918. The molecule has 2 aromatic carbocycles. The van der Waals surface area contributed by atoms with Gasteiger partial charge in [-0.25, -0.2) is 0 Å². The topological polar surface area (TPSA) is 56.8 Å². The Kier molecular flexibility index (Phi) is 4.00. The molecule has 2 aromatic rings. The first-order valence-electron chi connectivity index (χ1n) is 6.32. The van der Waals surface area contributed by atoms with Crippen molar-refractivity contribution in [3.63, 3.8) is 0 Å². The van der Waals surface area contributed by atoms with Crippen LogP contribution in [0.5, 0.6) is 17.2 Å². The average Bonchev–Trinajstić information content (AvgIpc) is 2.96. The van der Waals surface area contributed by atoms with Crippen molar-refractivity contribution in [2.45, 2.75) is 0 Å². The molecule has 22 heavy (non-hydrogen) atoms. The van der Waals surface area contributed by atoms with E-state index in [1.54, 1.807) is 24.3 Å². The molecule has 1 aliphatic heterocycles. The van der Waals surface area contributed by atoms with Crippen LogP contribution in [0, 0.1) is 0 Å². The van der Waals surface area contributed by atoms with Crippen LogP contribution in [-0.4, -0.2) is 19.8 Å². The van der Waals surface area contributed by atoms with E-state index in [2.05, 4.69) is 5.32 Å². The minimum Gasteiger partial charge on any atom is -0.495 e. The van der Waals surface area contributed by atoms with Gasteiger partial charge in [-0.15, -0.1) is 0 Å². The van der Waals surface area contributed by atoms with Crippen molar-refractivity contribution in [2.24, 2.45) is 0 Å². The van der Waals surface area contributed by atoms with Crippen LogP contribution < -0.4 is 19.5 Å². The lowest BCUT2D eigenvalue weighted by atomic mass is 10.2. The van der Waals surface area contributed by atoms with Crippen molar-refractivity contribution >= 4 is 34.8 Å². The van der Waals surface area contributed by atoms with Gasteiger partial charge in [-0.05, 0) is 30.3 Å². The predicted molar refractivity (Wildman–Crippen MR) is 83.5 cm³/mol. The van der Waals surface area contributed by atoms with Crippen LogP contribution >= 0.6 is 23.2 Å². The second-order valence-corrected chi connectivity index (χ2v) is 5.31. The largest absolute Gasteiger partial charge is 0.495 e. The summed E-state index contributed by atoms with van der Waals surface area (Å²) in [4.78, 5) is 12.3. The molecular weight excluding hydrogens is 329 g/mol. The summed E-state index contributed by atoms with van der Waals surface area (Å²) < 4.78 is 15.5. The fourth-order valence-corrected chi connectivity index (χ4v) is 2.57. The van der Waals surface area contributed by atoms with Crippen LogP contribution in [0.2, 0.25) is 10.0 Å². The Hall–Kier alpha value is -2.11. The van der Waals surface area contributed by atoms with Crippen molar-refractivity contribution in [2.75, 3.05) is 19.2 Å². The number of fused-ring (bicyclic) bond motifs is 1. The molecule has 1 N–H and O–H groups in total. The van der Waals surface area contributed by atoms with Gasteiger partial charge >= 0.3 is 0 Å². The van der Waals surface area contributed by atoms with Crippen molar-refractivity contribution in [1.29, 1.82) is 0 Å². The number of anilines is 1. The van der Waals surface area contributed by atoms with E-state index in [9.17, 15) is 4.79 Å². The molecule has 0 radical (unpaired) electrons. The van der Waals surface area contributed by atoms with Crippen LogP contribution in [0.1, 0.15) is 10.4 Å². The number of halogens is 2. The van der Waals surface area contributed by atoms with Gasteiger partial charge in [-0.1, -0.05) is 23.2 Å². The highest BCUT2D eigenvalue weighted by molar-refractivity contribution is 6.33. The second-order valence-electron chi connectivity index (χ2n) is 4.50. The zero-order valence-corrected chi connectivity index (χ0v) is 13.0. The molecular formula is C15H11Cl2NO4. The van der Waals surface area contributed by atoms with E-state index < -0.39 is 0 Å². The maximum Gasteiger partial charge on any atom is 0.255 e. The SMILES string of the molecule is COc1ccc(NC(=O)c2cc(Cl)c3c(c2)OCO3)cc1Cl. The van der Waals surface area contributed by atoms with Gasteiger partial charge in [0, 0.05) is 11.3 Å². The van der Waals surface area contributed by atoms with Crippen molar-refractivity contribution in [3.05, 3.63) is 45.9 Å². The molecule has 0 aromatic heterocycles. The van der Waals surface area contributed by atoms with Crippen LogP contribution in [0.3, 0.4) is 0 Å².